The Balaban J connectivity index is 1.63. The number of piperazine rings is 1. The van der Waals surface area contributed by atoms with Gasteiger partial charge in [-0.05, 0) is 31.2 Å². The summed E-state index contributed by atoms with van der Waals surface area (Å²) in [6.07, 6.45) is -0.915. The number of anilines is 3. The Morgan fingerprint density at radius 3 is 2.61 bits per heavy atom. The van der Waals surface area contributed by atoms with Gasteiger partial charge in [-0.25, -0.2) is 22.7 Å². The van der Waals surface area contributed by atoms with Crippen molar-refractivity contribution in [3.8, 4) is 5.75 Å². The van der Waals surface area contributed by atoms with Crippen LogP contribution in [0.1, 0.15) is 30.5 Å². The summed E-state index contributed by atoms with van der Waals surface area (Å²) in [5.41, 5.74) is 0.0931. The largest absolute Gasteiger partial charge is 0.494 e. The molecule has 1 aliphatic heterocycles. The van der Waals surface area contributed by atoms with E-state index in [-0.39, 0.29) is 24.0 Å². The Kier molecular flexibility index (Phi) is 8.60. The van der Waals surface area contributed by atoms with E-state index in [2.05, 4.69) is 25.5 Å². The molecule has 1 saturated carbocycles. The average molecular weight is 577 g/mol. The molecule has 4 rings (SSSR count). The summed E-state index contributed by atoms with van der Waals surface area (Å²) in [6, 6.07) is 3.03. The molecule has 0 bridgehead atoms. The highest BCUT2D eigenvalue weighted by Gasteiger charge is 2.39. The van der Waals surface area contributed by atoms with E-state index < -0.39 is 27.8 Å². The molecule has 1 aromatic carbocycles. The fourth-order valence-corrected chi connectivity index (χ4v) is 6.23. The number of methoxy groups -OCH3 is 1. The summed E-state index contributed by atoms with van der Waals surface area (Å²) in [4.78, 5) is 10.3. The first-order valence-electron chi connectivity index (χ1n) is 12.3. The van der Waals surface area contributed by atoms with E-state index in [4.69, 9.17) is 16.3 Å². The average Bonchev–Trinajstić information content (AvgIpc) is 3.31. The monoisotopic (exact) mass is 576 g/mol. The van der Waals surface area contributed by atoms with Gasteiger partial charge < -0.3 is 20.3 Å². The number of rotatable bonds is 8. The molecule has 2 aliphatic rings. The Hall–Kier alpha value is -2.35. The van der Waals surface area contributed by atoms with Gasteiger partial charge >= 0.3 is 6.18 Å². The lowest BCUT2D eigenvalue weighted by Crippen LogP contribution is -2.43. The third kappa shape index (κ3) is 6.44. The van der Waals surface area contributed by atoms with E-state index in [1.807, 2.05) is 0 Å². The molecule has 9 nitrogen and oxygen atoms in total. The maximum absolute atomic E-state index is 13.9. The van der Waals surface area contributed by atoms with Crippen LogP contribution in [0.25, 0.3) is 0 Å². The predicted molar refractivity (Wildman–Crippen MR) is 141 cm³/mol. The van der Waals surface area contributed by atoms with Crippen LogP contribution in [0, 0.1) is 5.92 Å². The second-order valence-corrected chi connectivity index (χ2v) is 12.1. The molecule has 1 unspecified atom stereocenters. The van der Waals surface area contributed by atoms with Crippen LogP contribution in [0.2, 0.25) is 5.02 Å². The molecule has 1 aromatic heterocycles. The minimum Gasteiger partial charge on any atom is -0.494 e. The molecule has 0 spiro atoms. The predicted octanol–water partition coefficient (Wildman–Crippen LogP) is 3.91. The van der Waals surface area contributed by atoms with Gasteiger partial charge in [0.15, 0.2) is 0 Å². The van der Waals surface area contributed by atoms with Gasteiger partial charge in [0.05, 0.1) is 41.0 Å². The summed E-state index contributed by atoms with van der Waals surface area (Å²) in [6.45, 7) is 3.20. The minimum atomic E-state index is -4.66. The van der Waals surface area contributed by atoms with Crippen LogP contribution in [0.4, 0.5) is 30.5 Å². The van der Waals surface area contributed by atoms with Crippen molar-refractivity contribution < 1.29 is 26.3 Å². The van der Waals surface area contributed by atoms with Crippen molar-refractivity contribution in [2.75, 3.05) is 56.8 Å². The van der Waals surface area contributed by atoms with E-state index in [0.29, 0.717) is 29.3 Å². The van der Waals surface area contributed by atoms with Gasteiger partial charge in [0.2, 0.25) is 16.0 Å². The van der Waals surface area contributed by atoms with Crippen LogP contribution < -0.4 is 20.3 Å². The van der Waals surface area contributed by atoms with Crippen LogP contribution in [-0.4, -0.2) is 75.3 Å². The smallest absolute Gasteiger partial charge is 0.419 e. The summed E-state index contributed by atoms with van der Waals surface area (Å²) in [7, 11) is -0.528. The molecular formula is C24H32ClF3N6O3S. The molecule has 2 aromatic rings. The fraction of sp³-hybridized carbons (Fsp3) is 0.583. The van der Waals surface area contributed by atoms with Crippen molar-refractivity contribution in [3.05, 3.63) is 34.6 Å². The molecule has 1 saturated heterocycles. The zero-order valence-corrected chi connectivity index (χ0v) is 23.0. The van der Waals surface area contributed by atoms with Crippen LogP contribution in [0.5, 0.6) is 5.75 Å². The van der Waals surface area contributed by atoms with Gasteiger partial charge in [-0.15, -0.1) is 0 Å². The highest BCUT2D eigenvalue weighted by Crippen LogP contribution is 2.40. The number of halogens is 4. The van der Waals surface area contributed by atoms with Crippen LogP contribution in [-0.2, 0) is 22.6 Å². The molecule has 2 N–H and O–H groups in total. The van der Waals surface area contributed by atoms with Crippen LogP contribution in [0.3, 0.4) is 0 Å². The fourth-order valence-electron chi connectivity index (χ4n) is 5.18. The Labute approximate surface area is 225 Å². The van der Waals surface area contributed by atoms with Crippen molar-refractivity contribution >= 4 is 38.9 Å². The van der Waals surface area contributed by atoms with E-state index >= 15 is 0 Å². The second kappa shape index (κ2) is 11.4. The van der Waals surface area contributed by atoms with Gasteiger partial charge in [0.1, 0.15) is 5.75 Å². The molecule has 2 fully saturated rings. The van der Waals surface area contributed by atoms with Crippen molar-refractivity contribution in [1.82, 2.24) is 19.6 Å². The number of ether oxygens (including phenoxy) is 1. The normalized spacial score (nSPS) is 20.7. The number of alkyl halides is 3. The Morgan fingerprint density at radius 2 is 1.97 bits per heavy atom. The van der Waals surface area contributed by atoms with E-state index in [1.165, 1.54) is 18.5 Å². The molecule has 2 heterocycles. The van der Waals surface area contributed by atoms with Gasteiger partial charge in [0, 0.05) is 51.5 Å². The minimum absolute atomic E-state index is 0.0314. The standard InChI is InChI=1S/C24H32ClF3N6O3S/c1-33(38(3,35)36)20-6-4-5-15(20)11-18-16(24(26,27)28)14-30-23(31-18)32-19-12-17(25)21(13-22(19)37-2)34-9-7-29-8-10-34/h12-15,20,29H,4-11H2,1-3H3,(H,30,31,32)/t15-,20?/m0/s1. The number of nitrogens with zero attached hydrogens (tertiary/aromatic N) is 4. The molecule has 0 radical (unpaired) electrons. The second-order valence-electron chi connectivity index (χ2n) is 9.66. The summed E-state index contributed by atoms with van der Waals surface area (Å²) < 4.78 is 72.6. The van der Waals surface area contributed by atoms with E-state index in [9.17, 15) is 21.6 Å². The summed E-state index contributed by atoms with van der Waals surface area (Å²) in [5, 5.41) is 6.70. The van der Waals surface area contributed by atoms with Crippen molar-refractivity contribution in [2.24, 2.45) is 5.92 Å². The van der Waals surface area contributed by atoms with E-state index in [1.54, 1.807) is 12.1 Å². The maximum Gasteiger partial charge on any atom is 0.419 e. The third-order valence-electron chi connectivity index (χ3n) is 7.21. The number of sulfonamides is 1. The first-order chi connectivity index (χ1) is 17.9. The van der Waals surface area contributed by atoms with Crippen LogP contribution in [0.15, 0.2) is 18.3 Å². The molecule has 2 atom stereocenters. The molecule has 14 heteroatoms. The molecule has 0 amide bonds. The van der Waals surface area contributed by atoms with Crippen molar-refractivity contribution in [1.29, 1.82) is 0 Å². The molecule has 38 heavy (non-hydrogen) atoms. The van der Waals surface area contributed by atoms with Gasteiger partial charge in [0.25, 0.3) is 0 Å². The number of benzene rings is 1. The zero-order chi connectivity index (χ0) is 27.7. The lowest BCUT2D eigenvalue weighted by atomic mass is 9.95. The first-order valence-corrected chi connectivity index (χ1v) is 14.6. The number of hydrogen-bond donors (Lipinski definition) is 2. The van der Waals surface area contributed by atoms with Crippen molar-refractivity contribution in [2.45, 2.75) is 37.9 Å². The third-order valence-corrected chi connectivity index (χ3v) is 8.83. The lowest BCUT2D eigenvalue weighted by Gasteiger charge is -2.30. The van der Waals surface area contributed by atoms with Crippen molar-refractivity contribution in [3.63, 3.8) is 0 Å². The topological polar surface area (TPSA) is 99.7 Å². The highest BCUT2D eigenvalue weighted by molar-refractivity contribution is 7.88. The quantitative estimate of drug-likeness (QED) is 0.488. The van der Waals surface area contributed by atoms with Crippen LogP contribution >= 0.6 is 11.6 Å². The first kappa shape index (κ1) is 28.7. The van der Waals surface area contributed by atoms with Gasteiger partial charge in [-0.2, -0.15) is 13.2 Å². The zero-order valence-electron chi connectivity index (χ0n) is 21.5. The molecule has 1 aliphatic carbocycles. The summed E-state index contributed by atoms with van der Waals surface area (Å²) in [5.74, 6) is 0.0998. The summed E-state index contributed by atoms with van der Waals surface area (Å²) >= 11 is 6.57. The van der Waals surface area contributed by atoms with Gasteiger partial charge in [-0.3, -0.25) is 0 Å². The number of hydrogen-bond acceptors (Lipinski definition) is 8. The SMILES string of the molecule is COc1cc(N2CCNCC2)c(Cl)cc1Nc1ncc(C(F)(F)F)c(C[C@@H]2CCCC2N(C)S(C)(=O)=O)n1. The Morgan fingerprint density at radius 1 is 1.26 bits per heavy atom. The maximum atomic E-state index is 13.9. The number of aromatic nitrogens is 2. The van der Waals surface area contributed by atoms with E-state index in [0.717, 1.165) is 50.7 Å². The van der Waals surface area contributed by atoms with Gasteiger partial charge in [-0.1, -0.05) is 18.0 Å². The molecule has 210 valence electrons. The molecular weight excluding hydrogens is 545 g/mol. The Bertz CT molecular complexity index is 1260. The highest BCUT2D eigenvalue weighted by atomic mass is 35.5. The lowest BCUT2D eigenvalue weighted by molar-refractivity contribution is -0.138. The number of nitrogens with one attached hydrogen (secondary N) is 2.